The van der Waals surface area contributed by atoms with Crippen molar-refractivity contribution in [3.8, 4) is 0 Å². The van der Waals surface area contributed by atoms with Crippen LogP contribution < -0.4 is 5.32 Å². The second-order valence-electron chi connectivity index (χ2n) is 8.31. The molecule has 164 valence electrons. The van der Waals surface area contributed by atoms with Gasteiger partial charge in [-0.25, -0.2) is 4.79 Å². The summed E-state index contributed by atoms with van der Waals surface area (Å²) in [5.74, 6) is -1.53. The van der Waals surface area contributed by atoms with E-state index in [0.29, 0.717) is 25.8 Å². The molecule has 2 aliphatic rings. The van der Waals surface area contributed by atoms with E-state index in [4.69, 9.17) is 4.74 Å². The predicted molar refractivity (Wildman–Crippen MR) is 112 cm³/mol. The Morgan fingerprint density at radius 3 is 2.67 bits per heavy atom. The number of esters is 1. The number of fused-ring (bicyclic) bond motifs is 1. The van der Waals surface area contributed by atoms with Crippen LogP contribution >= 0.6 is 0 Å². The Labute approximate surface area is 177 Å². The lowest BCUT2D eigenvalue weighted by molar-refractivity contribution is -0.159. The molecule has 1 aliphatic heterocycles. The van der Waals surface area contributed by atoms with E-state index in [0.717, 1.165) is 24.8 Å². The third-order valence-electron chi connectivity index (χ3n) is 6.56. The van der Waals surface area contributed by atoms with Gasteiger partial charge >= 0.3 is 11.9 Å². The van der Waals surface area contributed by atoms with Crippen LogP contribution in [0.4, 0.5) is 0 Å². The van der Waals surface area contributed by atoms with Gasteiger partial charge in [0.2, 0.25) is 5.91 Å². The van der Waals surface area contributed by atoms with Gasteiger partial charge in [-0.2, -0.15) is 0 Å². The average Bonchev–Trinajstić information content (AvgIpc) is 3.31. The Hall–Kier alpha value is -2.41. The molecule has 0 aromatic heterocycles. The van der Waals surface area contributed by atoms with Crippen molar-refractivity contribution in [1.82, 2.24) is 10.2 Å². The molecule has 1 amide bonds. The third kappa shape index (κ3) is 4.36. The van der Waals surface area contributed by atoms with E-state index >= 15 is 0 Å². The molecule has 4 atom stereocenters. The Morgan fingerprint density at radius 2 is 2.00 bits per heavy atom. The van der Waals surface area contributed by atoms with Crippen molar-refractivity contribution in [2.75, 3.05) is 13.2 Å². The molecule has 0 bridgehead atoms. The summed E-state index contributed by atoms with van der Waals surface area (Å²) in [4.78, 5) is 39.4. The lowest BCUT2D eigenvalue weighted by Crippen LogP contribution is -2.59. The predicted octanol–water partition coefficient (Wildman–Crippen LogP) is 2.38. The highest BCUT2D eigenvalue weighted by Gasteiger charge is 2.59. The molecule has 1 aromatic rings. The summed E-state index contributed by atoms with van der Waals surface area (Å²) >= 11 is 0. The minimum Gasteiger partial charge on any atom is -0.479 e. The number of ether oxygens (including phenoxy) is 1. The van der Waals surface area contributed by atoms with Crippen molar-refractivity contribution in [3.63, 3.8) is 0 Å². The van der Waals surface area contributed by atoms with E-state index in [1.807, 2.05) is 30.3 Å². The minimum absolute atomic E-state index is 0.0186. The Bertz CT molecular complexity index is 768. The number of carbonyl (C=O) groups excluding carboxylic acids is 2. The van der Waals surface area contributed by atoms with Crippen LogP contribution in [0.3, 0.4) is 0 Å². The van der Waals surface area contributed by atoms with Crippen LogP contribution in [-0.2, 0) is 25.5 Å². The second kappa shape index (κ2) is 9.60. The molecule has 1 saturated carbocycles. The monoisotopic (exact) mass is 416 g/mol. The maximum atomic E-state index is 13.2. The van der Waals surface area contributed by atoms with Gasteiger partial charge in [-0.15, -0.1) is 0 Å². The van der Waals surface area contributed by atoms with E-state index in [1.54, 1.807) is 18.7 Å². The second-order valence-corrected chi connectivity index (χ2v) is 8.31. The van der Waals surface area contributed by atoms with Crippen molar-refractivity contribution in [2.45, 2.75) is 70.0 Å². The van der Waals surface area contributed by atoms with Gasteiger partial charge in [-0.3, -0.25) is 14.9 Å². The van der Waals surface area contributed by atoms with Gasteiger partial charge in [0.1, 0.15) is 11.6 Å². The normalized spacial score (nSPS) is 24.9. The Morgan fingerprint density at radius 1 is 1.27 bits per heavy atom. The molecule has 30 heavy (non-hydrogen) atoms. The molecule has 1 saturated heterocycles. The van der Waals surface area contributed by atoms with Crippen LogP contribution in [0.2, 0.25) is 0 Å². The summed E-state index contributed by atoms with van der Waals surface area (Å²) in [6.07, 6.45) is 4.06. The molecule has 1 unspecified atom stereocenters. The molecule has 2 N–H and O–H groups in total. The summed E-state index contributed by atoms with van der Waals surface area (Å²) in [6, 6.07) is 8.53. The maximum Gasteiger partial charge on any atom is 0.329 e. The Balaban J connectivity index is 1.69. The quantitative estimate of drug-likeness (QED) is 0.600. The first-order valence-corrected chi connectivity index (χ1v) is 10.9. The summed E-state index contributed by atoms with van der Waals surface area (Å²) in [6.45, 7) is 4.17. The van der Waals surface area contributed by atoms with Crippen molar-refractivity contribution >= 4 is 17.8 Å². The van der Waals surface area contributed by atoms with Gasteiger partial charge in [0.05, 0.1) is 12.6 Å². The fraction of sp³-hybridized carbons (Fsp3) is 0.609. The number of likely N-dealkylation sites (tertiary alicyclic amines) is 1. The summed E-state index contributed by atoms with van der Waals surface area (Å²) in [7, 11) is 0. The van der Waals surface area contributed by atoms with Gasteiger partial charge in [-0.05, 0) is 57.4 Å². The van der Waals surface area contributed by atoms with Crippen LogP contribution in [0.15, 0.2) is 30.3 Å². The highest BCUT2D eigenvalue weighted by molar-refractivity contribution is 5.91. The summed E-state index contributed by atoms with van der Waals surface area (Å²) in [5.41, 5.74) is 0.0157. The molecular formula is C23H32N2O5. The molecule has 1 heterocycles. The molecule has 0 spiro atoms. The van der Waals surface area contributed by atoms with E-state index in [1.165, 1.54) is 0 Å². The van der Waals surface area contributed by atoms with Crippen molar-refractivity contribution in [1.29, 1.82) is 0 Å². The zero-order valence-corrected chi connectivity index (χ0v) is 17.8. The number of carboxylic acids is 1. The van der Waals surface area contributed by atoms with Crippen molar-refractivity contribution < 1.29 is 24.2 Å². The zero-order valence-electron chi connectivity index (χ0n) is 17.8. The number of aliphatic carboxylic acids is 1. The minimum atomic E-state index is -1.09. The average molecular weight is 417 g/mol. The van der Waals surface area contributed by atoms with Gasteiger partial charge < -0.3 is 14.7 Å². The number of nitrogens with zero attached hydrogens (tertiary/aromatic N) is 1. The lowest BCUT2D eigenvalue weighted by atomic mass is 9.88. The first-order valence-electron chi connectivity index (χ1n) is 10.9. The SMILES string of the molecule is CCOC(=O)C(CCc1ccccc1)N[C@@H](C)C(=O)N1CC[C@@H]2CCC[C@]21C(=O)O. The molecule has 1 aliphatic carbocycles. The molecule has 3 rings (SSSR count). The topological polar surface area (TPSA) is 95.9 Å². The van der Waals surface area contributed by atoms with Crippen LogP contribution in [0.5, 0.6) is 0 Å². The van der Waals surface area contributed by atoms with E-state index in [9.17, 15) is 19.5 Å². The lowest BCUT2D eigenvalue weighted by Gasteiger charge is -2.36. The van der Waals surface area contributed by atoms with Crippen LogP contribution in [0, 0.1) is 5.92 Å². The number of rotatable bonds is 9. The highest BCUT2D eigenvalue weighted by atomic mass is 16.5. The molecular weight excluding hydrogens is 384 g/mol. The molecule has 1 aromatic carbocycles. The van der Waals surface area contributed by atoms with E-state index in [2.05, 4.69) is 5.32 Å². The van der Waals surface area contributed by atoms with Crippen LogP contribution in [0.25, 0.3) is 0 Å². The standard InChI is InChI=1S/C23H32N2O5/c1-3-30-21(27)19(12-11-17-8-5-4-6-9-17)24-16(2)20(26)25-15-13-18-10-7-14-23(18,25)22(28)29/h4-6,8-9,16,18-19,24H,3,7,10-15H2,1-2H3,(H,28,29)/t16-,18-,19?,23+/m0/s1. The summed E-state index contributed by atoms with van der Waals surface area (Å²) < 4.78 is 5.21. The molecule has 2 fully saturated rings. The van der Waals surface area contributed by atoms with Crippen LogP contribution in [-0.4, -0.2) is 58.6 Å². The fourth-order valence-corrected chi connectivity index (χ4v) is 5.06. The number of carbonyl (C=O) groups is 3. The van der Waals surface area contributed by atoms with Gasteiger partial charge in [0.15, 0.2) is 0 Å². The maximum absolute atomic E-state index is 13.2. The largest absolute Gasteiger partial charge is 0.479 e. The van der Waals surface area contributed by atoms with Gasteiger partial charge in [-0.1, -0.05) is 36.8 Å². The number of amides is 1. The zero-order chi connectivity index (χ0) is 21.7. The summed E-state index contributed by atoms with van der Waals surface area (Å²) in [5, 5.41) is 13.1. The number of benzene rings is 1. The van der Waals surface area contributed by atoms with Gasteiger partial charge in [0, 0.05) is 6.54 Å². The smallest absolute Gasteiger partial charge is 0.329 e. The number of hydrogen-bond donors (Lipinski definition) is 2. The number of hydrogen-bond acceptors (Lipinski definition) is 5. The van der Waals surface area contributed by atoms with Gasteiger partial charge in [0.25, 0.3) is 0 Å². The fourth-order valence-electron chi connectivity index (χ4n) is 5.06. The molecule has 7 heteroatoms. The van der Waals surface area contributed by atoms with Crippen molar-refractivity contribution in [2.24, 2.45) is 5.92 Å². The van der Waals surface area contributed by atoms with E-state index < -0.39 is 23.6 Å². The molecule has 0 radical (unpaired) electrons. The Kier molecular flexibility index (Phi) is 7.13. The van der Waals surface area contributed by atoms with Crippen molar-refractivity contribution in [3.05, 3.63) is 35.9 Å². The first-order chi connectivity index (χ1) is 14.4. The highest BCUT2D eigenvalue weighted by Crippen LogP contribution is 2.47. The first kappa shape index (κ1) is 22.3. The number of carboxylic acid groups (broad SMARTS) is 1. The van der Waals surface area contributed by atoms with E-state index in [-0.39, 0.29) is 24.4 Å². The number of nitrogens with one attached hydrogen (secondary N) is 1. The third-order valence-corrected chi connectivity index (χ3v) is 6.56. The number of aryl methyl sites for hydroxylation is 1. The van der Waals surface area contributed by atoms with Crippen LogP contribution in [0.1, 0.15) is 51.5 Å². The molecule has 7 nitrogen and oxygen atoms in total.